The number of hydrogen-bond donors (Lipinski definition) is 7. The third-order valence-corrected chi connectivity index (χ3v) is 8.15. The van der Waals surface area contributed by atoms with Gasteiger partial charge in [-0.25, -0.2) is 22.8 Å². The summed E-state index contributed by atoms with van der Waals surface area (Å²) in [6, 6.07) is 0. The molecule has 21 nitrogen and oxygen atoms in total. The van der Waals surface area contributed by atoms with Gasteiger partial charge in [0.1, 0.15) is 0 Å². The van der Waals surface area contributed by atoms with Crippen molar-refractivity contribution in [1.29, 1.82) is 0 Å². The first-order valence-corrected chi connectivity index (χ1v) is 18.5. The van der Waals surface area contributed by atoms with Crippen LogP contribution in [0.1, 0.15) is 13.8 Å². The summed E-state index contributed by atoms with van der Waals surface area (Å²) in [5.74, 6) is -1.14. The van der Waals surface area contributed by atoms with E-state index in [2.05, 4.69) is 40.7 Å². The highest BCUT2D eigenvalue weighted by Crippen LogP contribution is 2.48. The molecule has 6 atom stereocenters. The van der Waals surface area contributed by atoms with E-state index >= 15 is 0 Å². The van der Waals surface area contributed by atoms with Crippen LogP contribution in [-0.4, -0.2) is 101 Å². The average Bonchev–Trinajstić information content (AvgIpc) is 2.83. The molecule has 0 rings (SSSR count). The molecule has 0 fully saturated rings. The van der Waals surface area contributed by atoms with Gasteiger partial charge in [-0.15, -0.1) is 0 Å². The van der Waals surface area contributed by atoms with E-state index in [0.717, 1.165) is 0 Å². The van der Waals surface area contributed by atoms with Crippen molar-refractivity contribution in [3.63, 3.8) is 0 Å². The van der Waals surface area contributed by atoms with Gasteiger partial charge >= 0.3 is 39.1 Å². The molecular formula is C14H35O21P5. The zero-order valence-corrected chi connectivity index (χ0v) is 25.8. The molecule has 6 unspecified atom stereocenters. The summed E-state index contributed by atoms with van der Waals surface area (Å²) >= 11 is 0. The van der Waals surface area contributed by atoms with Gasteiger partial charge in [-0.1, -0.05) is 13.8 Å². The molecule has 0 aliphatic carbocycles. The van der Waals surface area contributed by atoms with Crippen LogP contribution in [-0.2, 0) is 63.5 Å². The van der Waals surface area contributed by atoms with E-state index in [-0.39, 0.29) is 13.2 Å². The molecule has 0 amide bonds. The maximum atomic E-state index is 11.8. The van der Waals surface area contributed by atoms with E-state index in [4.69, 9.17) is 14.9 Å². The lowest BCUT2D eigenvalue weighted by Gasteiger charge is -2.17. The largest absolute Gasteiger partial charge is 0.472 e. The maximum absolute atomic E-state index is 11.8. The second-order valence-corrected chi connectivity index (χ2v) is 14.7. The Hall–Kier alpha value is 0.510. The number of aliphatic hydroxyl groups excluding tert-OH is 1. The second kappa shape index (κ2) is 19.0. The highest BCUT2D eigenvalue weighted by atomic mass is 31.2. The van der Waals surface area contributed by atoms with E-state index < -0.39 is 104 Å². The molecule has 0 aliphatic heterocycles. The molecule has 0 aromatic heterocycles. The first kappa shape index (κ1) is 40.5. The molecule has 0 bridgehead atoms. The molecule has 242 valence electrons. The van der Waals surface area contributed by atoms with E-state index in [1.54, 1.807) is 6.92 Å². The SMILES string of the molecule is CC(CO)COP(=O)(O)OCCOP(=O)(O)OCCOP(=O)(O)OCCOP(=O)(O)OCC(C)COP(=O)(O)O. The Morgan fingerprint density at radius 2 is 0.700 bits per heavy atom. The van der Waals surface area contributed by atoms with Crippen LogP contribution in [0.15, 0.2) is 0 Å². The van der Waals surface area contributed by atoms with Crippen molar-refractivity contribution >= 4 is 39.1 Å². The number of phosphoric ester groups is 5. The van der Waals surface area contributed by atoms with Gasteiger partial charge in [0.05, 0.1) is 59.5 Å². The van der Waals surface area contributed by atoms with Crippen LogP contribution in [0.3, 0.4) is 0 Å². The summed E-state index contributed by atoms with van der Waals surface area (Å²) in [5, 5.41) is 8.83. The molecule has 0 saturated heterocycles. The fourth-order valence-electron chi connectivity index (χ4n) is 1.83. The van der Waals surface area contributed by atoms with Crippen molar-refractivity contribution in [1.82, 2.24) is 0 Å². The van der Waals surface area contributed by atoms with Gasteiger partial charge in [-0.3, -0.25) is 40.7 Å². The first-order valence-electron chi connectivity index (χ1n) is 11.0. The maximum Gasteiger partial charge on any atom is 0.472 e. The molecule has 0 aromatic carbocycles. The molecule has 26 heteroatoms. The zero-order valence-electron chi connectivity index (χ0n) is 21.3. The molecule has 0 aromatic rings. The summed E-state index contributed by atoms with van der Waals surface area (Å²) in [5.41, 5.74) is 0. The molecule has 40 heavy (non-hydrogen) atoms. The third-order valence-electron chi connectivity index (χ3n) is 3.66. The van der Waals surface area contributed by atoms with E-state index in [1.165, 1.54) is 6.92 Å². The lowest BCUT2D eigenvalue weighted by Crippen LogP contribution is -2.13. The van der Waals surface area contributed by atoms with Gasteiger partial charge in [-0.2, -0.15) is 0 Å². The summed E-state index contributed by atoms with van der Waals surface area (Å²) in [7, 11) is -23.4. The Bertz CT molecular complexity index is 954. The van der Waals surface area contributed by atoms with Gasteiger partial charge < -0.3 is 34.5 Å². The highest BCUT2D eigenvalue weighted by Gasteiger charge is 2.27. The Morgan fingerprint density at radius 1 is 0.450 bits per heavy atom. The smallest absolute Gasteiger partial charge is 0.396 e. The Labute approximate surface area is 229 Å². The van der Waals surface area contributed by atoms with Crippen LogP contribution >= 0.6 is 39.1 Å². The minimum absolute atomic E-state index is 0.282. The summed E-state index contributed by atoms with van der Waals surface area (Å²) in [6.07, 6.45) is 0. The van der Waals surface area contributed by atoms with Crippen LogP contribution in [0.5, 0.6) is 0 Å². The predicted molar refractivity (Wildman–Crippen MR) is 130 cm³/mol. The van der Waals surface area contributed by atoms with Crippen molar-refractivity contribution in [2.45, 2.75) is 13.8 Å². The third kappa shape index (κ3) is 24.0. The number of phosphoric acid groups is 5. The van der Waals surface area contributed by atoms with E-state index in [9.17, 15) is 42.4 Å². The Balaban J connectivity index is 4.13. The summed E-state index contributed by atoms with van der Waals surface area (Å²) in [4.78, 5) is 55.1. The molecule has 0 heterocycles. The van der Waals surface area contributed by atoms with E-state index in [1.807, 2.05) is 0 Å². The van der Waals surface area contributed by atoms with Crippen molar-refractivity contribution < 1.29 is 98.0 Å². The van der Waals surface area contributed by atoms with Gasteiger partial charge in [0.25, 0.3) is 0 Å². The monoisotopic (exact) mass is 694 g/mol. The molecular weight excluding hydrogens is 659 g/mol. The molecule has 0 aliphatic rings. The Morgan fingerprint density at radius 3 is 0.975 bits per heavy atom. The van der Waals surface area contributed by atoms with Gasteiger partial charge in [0, 0.05) is 18.4 Å². The van der Waals surface area contributed by atoms with Crippen LogP contribution in [0.25, 0.3) is 0 Å². The summed E-state index contributed by atoms with van der Waals surface area (Å²) in [6.45, 7) is -2.90. The molecule has 7 N–H and O–H groups in total. The minimum atomic E-state index is -4.76. The van der Waals surface area contributed by atoms with Crippen molar-refractivity contribution in [2.75, 3.05) is 66.1 Å². The topological polar surface area (TPSA) is 310 Å². The molecule has 0 saturated carbocycles. The fraction of sp³-hybridized carbons (Fsp3) is 1.00. The average molecular weight is 694 g/mol. The quantitative estimate of drug-likeness (QED) is 0.0515. The normalized spacial score (nSPS) is 20.1. The van der Waals surface area contributed by atoms with Crippen molar-refractivity contribution in [3.8, 4) is 0 Å². The highest BCUT2D eigenvalue weighted by molar-refractivity contribution is 7.48. The van der Waals surface area contributed by atoms with E-state index in [0.29, 0.717) is 0 Å². The fourth-order valence-corrected chi connectivity index (χ4v) is 5.30. The van der Waals surface area contributed by atoms with Gasteiger partial charge in [0.2, 0.25) is 0 Å². The number of aliphatic hydroxyl groups is 1. The van der Waals surface area contributed by atoms with Crippen LogP contribution in [0.4, 0.5) is 0 Å². The lowest BCUT2D eigenvalue weighted by molar-refractivity contribution is 0.0744. The zero-order chi connectivity index (χ0) is 31.1. The number of hydrogen-bond acceptors (Lipinski definition) is 15. The summed E-state index contributed by atoms with van der Waals surface area (Å²) < 4.78 is 97.6. The van der Waals surface area contributed by atoms with Gasteiger partial charge in [-0.05, 0) is 0 Å². The minimum Gasteiger partial charge on any atom is -0.396 e. The number of rotatable bonds is 25. The van der Waals surface area contributed by atoms with Crippen molar-refractivity contribution in [2.24, 2.45) is 11.8 Å². The first-order chi connectivity index (χ1) is 18.2. The van der Waals surface area contributed by atoms with Gasteiger partial charge in [0.15, 0.2) is 0 Å². The standard InChI is InChI=1S/C14H35O21P5/c1-13(9-15)10-34-39(23,24)31-7-5-29-37(19,20)27-3-4-28-38(21,22)30-6-8-32-40(25,26)35-12-14(2)11-33-36(16,17)18/h13-15H,3-12H2,1-2H3,(H,19,20)(H,21,22)(H,23,24)(H,25,26)(H2,16,17,18). The van der Waals surface area contributed by atoms with Crippen LogP contribution in [0, 0.1) is 11.8 Å². The predicted octanol–water partition coefficient (Wildman–Crippen LogP) is 0.895. The van der Waals surface area contributed by atoms with Crippen molar-refractivity contribution in [3.05, 3.63) is 0 Å². The second-order valence-electron chi connectivity index (χ2n) is 7.64. The van der Waals surface area contributed by atoms with Crippen LogP contribution in [0.2, 0.25) is 0 Å². The lowest BCUT2D eigenvalue weighted by atomic mass is 10.2. The molecule has 0 radical (unpaired) electrons. The van der Waals surface area contributed by atoms with Crippen LogP contribution < -0.4 is 0 Å². The molecule has 0 spiro atoms. The Kier molecular flexibility index (Phi) is 19.3.